The molecule has 0 aliphatic rings. The van der Waals surface area contributed by atoms with Gasteiger partial charge in [0.05, 0.1) is 26.2 Å². The van der Waals surface area contributed by atoms with Gasteiger partial charge in [0.1, 0.15) is 0 Å². The van der Waals surface area contributed by atoms with Gasteiger partial charge in [-0.05, 0) is 46.5 Å². The summed E-state index contributed by atoms with van der Waals surface area (Å²) in [5, 5.41) is 10.2. The quantitative estimate of drug-likeness (QED) is 0.421. The summed E-state index contributed by atoms with van der Waals surface area (Å²) in [6.07, 6.45) is 4.36. The van der Waals surface area contributed by atoms with E-state index in [1.165, 1.54) is 37.1 Å². The molecule has 0 unspecified atom stereocenters. The zero-order valence-corrected chi connectivity index (χ0v) is 11.1. The molecule has 0 radical (unpaired) electrons. The highest BCUT2D eigenvalue weighted by molar-refractivity contribution is 5.63. The molecule has 0 heterocycles. The van der Waals surface area contributed by atoms with E-state index in [9.17, 15) is 9.90 Å². The molecule has 3 nitrogen and oxygen atoms in total. The lowest BCUT2D eigenvalue weighted by Gasteiger charge is -2.35. The van der Waals surface area contributed by atoms with Crippen molar-refractivity contribution in [1.29, 1.82) is 0 Å². The van der Waals surface area contributed by atoms with Crippen molar-refractivity contribution in [2.75, 3.05) is 26.2 Å². The van der Waals surface area contributed by atoms with Gasteiger partial charge in [0, 0.05) is 5.97 Å². The highest BCUT2D eigenvalue weighted by atomic mass is 16.4. The molecule has 0 fully saturated rings. The average Bonchev–Trinajstić information content (AvgIpc) is 2.29. The summed E-state index contributed by atoms with van der Waals surface area (Å²) in [4.78, 5) is 10.2. The van der Waals surface area contributed by atoms with Crippen LogP contribution in [-0.2, 0) is 4.79 Å². The summed E-state index contributed by atoms with van der Waals surface area (Å²) in [5.41, 5.74) is 0. The van der Waals surface area contributed by atoms with Crippen molar-refractivity contribution in [2.45, 2.75) is 52.9 Å². The van der Waals surface area contributed by atoms with Gasteiger partial charge < -0.3 is 14.4 Å². The molecular formula is C13H27NO2. The molecule has 0 aliphatic carbocycles. The highest BCUT2D eigenvalue weighted by Gasteiger charge is 2.19. The molecular weight excluding hydrogens is 202 g/mol. The molecule has 0 saturated carbocycles. The summed E-state index contributed by atoms with van der Waals surface area (Å²) < 4.78 is 1.19. The van der Waals surface area contributed by atoms with Crippen LogP contribution in [0, 0.1) is 0 Å². The highest BCUT2D eigenvalue weighted by Crippen LogP contribution is 2.10. The van der Waals surface area contributed by atoms with E-state index in [0.717, 1.165) is 19.3 Å². The van der Waals surface area contributed by atoms with Crippen LogP contribution in [0.25, 0.3) is 0 Å². The van der Waals surface area contributed by atoms with E-state index < -0.39 is 5.97 Å². The van der Waals surface area contributed by atoms with E-state index in [2.05, 4.69) is 20.8 Å². The first kappa shape index (κ1) is 15.4. The molecule has 0 amide bonds. The van der Waals surface area contributed by atoms with Crippen molar-refractivity contribution in [3.63, 3.8) is 0 Å². The van der Waals surface area contributed by atoms with Crippen LogP contribution >= 0.6 is 0 Å². The lowest BCUT2D eigenvalue weighted by Crippen LogP contribution is -2.48. The number of hydrogen-bond acceptors (Lipinski definition) is 2. The van der Waals surface area contributed by atoms with Crippen LogP contribution in [0.5, 0.6) is 0 Å². The van der Waals surface area contributed by atoms with E-state index in [4.69, 9.17) is 0 Å². The van der Waals surface area contributed by atoms with Crippen molar-refractivity contribution in [2.24, 2.45) is 0 Å². The monoisotopic (exact) mass is 229 g/mol. The Morgan fingerprint density at radius 1 is 0.938 bits per heavy atom. The van der Waals surface area contributed by atoms with E-state index in [1.807, 2.05) is 0 Å². The molecule has 0 aromatic carbocycles. The summed E-state index contributed by atoms with van der Waals surface area (Å²) in [6.45, 7) is 11.6. The largest absolute Gasteiger partial charge is 0.550 e. The minimum atomic E-state index is -0.916. The molecule has 0 spiro atoms. The average molecular weight is 229 g/mol. The molecule has 0 saturated heterocycles. The fourth-order valence-electron chi connectivity index (χ4n) is 2.22. The van der Waals surface area contributed by atoms with Gasteiger partial charge in [0.15, 0.2) is 0 Å². The van der Waals surface area contributed by atoms with Crippen LogP contribution in [0.4, 0.5) is 0 Å². The molecule has 0 aliphatic heterocycles. The first-order valence-corrected chi connectivity index (χ1v) is 6.65. The maximum Gasteiger partial charge on any atom is 0.0786 e. The maximum atomic E-state index is 10.2. The number of carbonyl (C=O) groups is 1. The van der Waals surface area contributed by atoms with E-state index in [-0.39, 0.29) is 6.42 Å². The Kier molecular flexibility index (Phi) is 8.26. The standard InChI is InChI=1S/C13H27NO2/c1-4-14(5-2,6-3)12-10-8-7-9-11-13(15)16/h4-12H2,1-3H3. The zero-order chi connectivity index (χ0) is 12.4. The second-order valence-corrected chi connectivity index (χ2v) is 4.55. The smallest absolute Gasteiger partial charge is 0.0786 e. The number of carboxylic acids is 1. The summed E-state index contributed by atoms with van der Waals surface area (Å²) >= 11 is 0. The Morgan fingerprint density at radius 3 is 1.88 bits per heavy atom. The van der Waals surface area contributed by atoms with Gasteiger partial charge in [-0.1, -0.05) is 6.42 Å². The molecule has 0 N–H and O–H groups in total. The molecule has 0 rings (SSSR count). The summed E-state index contributed by atoms with van der Waals surface area (Å²) in [5.74, 6) is -0.916. The molecule has 0 aromatic heterocycles. The molecule has 0 atom stereocenters. The molecule has 3 heteroatoms. The van der Waals surface area contributed by atoms with Gasteiger partial charge in [0.25, 0.3) is 0 Å². The number of quaternary nitrogens is 1. The number of hydrogen-bond donors (Lipinski definition) is 0. The Labute approximate surface area is 100 Å². The number of nitrogens with zero attached hydrogens (tertiary/aromatic N) is 1. The van der Waals surface area contributed by atoms with Gasteiger partial charge in [-0.15, -0.1) is 0 Å². The maximum absolute atomic E-state index is 10.2. The van der Waals surface area contributed by atoms with Gasteiger partial charge in [0.2, 0.25) is 0 Å². The Bertz CT molecular complexity index is 180. The van der Waals surface area contributed by atoms with Gasteiger partial charge >= 0.3 is 0 Å². The fourth-order valence-corrected chi connectivity index (χ4v) is 2.22. The van der Waals surface area contributed by atoms with Gasteiger partial charge in [-0.2, -0.15) is 0 Å². The molecule has 0 aromatic rings. The third kappa shape index (κ3) is 6.11. The number of aliphatic carboxylic acids is 1. The van der Waals surface area contributed by atoms with Crippen LogP contribution in [0.15, 0.2) is 0 Å². The van der Waals surface area contributed by atoms with Crippen LogP contribution in [0.1, 0.15) is 52.9 Å². The molecule has 16 heavy (non-hydrogen) atoms. The van der Waals surface area contributed by atoms with Crippen molar-refractivity contribution < 1.29 is 14.4 Å². The van der Waals surface area contributed by atoms with Crippen LogP contribution in [0.3, 0.4) is 0 Å². The predicted octanol–water partition coefficient (Wildman–Crippen LogP) is 1.56. The van der Waals surface area contributed by atoms with Gasteiger partial charge in [-0.25, -0.2) is 0 Å². The van der Waals surface area contributed by atoms with Crippen molar-refractivity contribution >= 4 is 5.97 Å². The SMILES string of the molecule is CC[N+](CC)(CC)CCCCCCC(=O)[O-]. The lowest BCUT2D eigenvalue weighted by molar-refractivity contribution is -0.923. The predicted molar refractivity (Wildman–Crippen MR) is 64.8 cm³/mol. The van der Waals surface area contributed by atoms with Gasteiger partial charge in [-0.3, -0.25) is 0 Å². The number of carbonyl (C=O) groups excluding carboxylic acids is 1. The van der Waals surface area contributed by atoms with Crippen LogP contribution in [0.2, 0.25) is 0 Å². The Balaban J connectivity index is 3.59. The first-order chi connectivity index (χ1) is 7.60. The summed E-state index contributed by atoms with van der Waals surface area (Å²) in [6, 6.07) is 0. The lowest BCUT2D eigenvalue weighted by atomic mass is 10.1. The third-order valence-corrected chi connectivity index (χ3v) is 3.78. The van der Waals surface area contributed by atoms with Crippen LogP contribution in [-0.4, -0.2) is 36.6 Å². The number of unbranched alkanes of at least 4 members (excludes halogenated alkanes) is 3. The van der Waals surface area contributed by atoms with E-state index >= 15 is 0 Å². The normalized spacial score (nSPS) is 11.7. The first-order valence-electron chi connectivity index (χ1n) is 6.65. The number of carboxylic acid groups (broad SMARTS) is 1. The topological polar surface area (TPSA) is 40.1 Å². The van der Waals surface area contributed by atoms with Crippen LogP contribution < -0.4 is 5.11 Å². The van der Waals surface area contributed by atoms with Crippen molar-refractivity contribution in [1.82, 2.24) is 0 Å². The van der Waals surface area contributed by atoms with Crippen molar-refractivity contribution in [3.8, 4) is 0 Å². The second-order valence-electron chi connectivity index (χ2n) is 4.55. The third-order valence-electron chi connectivity index (χ3n) is 3.78. The zero-order valence-electron chi connectivity index (χ0n) is 11.1. The Morgan fingerprint density at radius 2 is 1.44 bits per heavy atom. The fraction of sp³-hybridized carbons (Fsp3) is 0.923. The molecule has 96 valence electrons. The Hall–Kier alpha value is -0.570. The molecule has 0 bridgehead atoms. The number of rotatable bonds is 10. The van der Waals surface area contributed by atoms with Crippen molar-refractivity contribution in [3.05, 3.63) is 0 Å². The summed E-state index contributed by atoms with van der Waals surface area (Å²) in [7, 11) is 0. The minimum Gasteiger partial charge on any atom is -0.550 e. The minimum absolute atomic E-state index is 0.218. The second kappa shape index (κ2) is 8.57. The van der Waals surface area contributed by atoms with E-state index in [0.29, 0.717) is 0 Å². The van der Waals surface area contributed by atoms with E-state index in [1.54, 1.807) is 0 Å².